The number of nitrogens with zero attached hydrogens (tertiary/aromatic N) is 1. The summed E-state index contributed by atoms with van der Waals surface area (Å²) >= 11 is 5.98. The van der Waals surface area contributed by atoms with E-state index in [1.807, 2.05) is 12.1 Å². The first-order valence-electron chi connectivity index (χ1n) is 6.98. The fourth-order valence-corrected chi connectivity index (χ4v) is 4.26. The molecule has 3 heteroatoms. The molecule has 18 heavy (non-hydrogen) atoms. The molecule has 1 aromatic rings. The molecule has 2 bridgehead atoms. The third-order valence-electron chi connectivity index (χ3n) is 5.20. The van der Waals surface area contributed by atoms with Gasteiger partial charge in [0.2, 0.25) is 0 Å². The molecule has 2 aliphatic rings. The Morgan fingerprint density at radius 2 is 1.89 bits per heavy atom. The minimum atomic E-state index is 0.737. The summed E-state index contributed by atoms with van der Waals surface area (Å²) in [7, 11) is 2.43. The van der Waals surface area contributed by atoms with Gasteiger partial charge in [-0.2, -0.15) is 0 Å². The summed E-state index contributed by atoms with van der Waals surface area (Å²) in [5.41, 5.74) is 8.23. The van der Waals surface area contributed by atoms with Crippen LogP contribution < -0.4 is 5.73 Å². The van der Waals surface area contributed by atoms with Gasteiger partial charge in [-0.3, -0.25) is 0 Å². The van der Waals surface area contributed by atoms with Crippen LogP contribution in [0.3, 0.4) is 0 Å². The van der Waals surface area contributed by atoms with Crippen molar-refractivity contribution in [3.05, 3.63) is 28.8 Å². The molecular formula is C15H22ClN2+. The van der Waals surface area contributed by atoms with Crippen LogP contribution >= 0.6 is 11.6 Å². The van der Waals surface area contributed by atoms with Crippen molar-refractivity contribution in [2.45, 2.75) is 50.7 Å². The van der Waals surface area contributed by atoms with Crippen molar-refractivity contribution in [1.29, 1.82) is 0 Å². The van der Waals surface area contributed by atoms with Gasteiger partial charge in [0.25, 0.3) is 0 Å². The lowest BCUT2D eigenvalue weighted by Gasteiger charge is -2.45. The van der Waals surface area contributed by atoms with Gasteiger partial charge in [0, 0.05) is 29.1 Å². The summed E-state index contributed by atoms with van der Waals surface area (Å²) < 4.78 is 1.20. The minimum absolute atomic E-state index is 0.737. The molecule has 0 amide bonds. The van der Waals surface area contributed by atoms with Crippen molar-refractivity contribution < 1.29 is 4.48 Å². The number of hydrogen-bond donors (Lipinski definition) is 1. The van der Waals surface area contributed by atoms with Gasteiger partial charge >= 0.3 is 0 Å². The van der Waals surface area contributed by atoms with Crippen LogP contribution in [-0.2, 0) is 6.54 Å². The molecule has 0 saturated carbocycles. The maximum Gasteiger partial charge on any atom is 0.107 e. The normalized spacial score (nSPS) is 34.8. The highest BCUT2D eigenvalue weighted by Crippen LogP contribution is 2.42. The third kappa shape index (κ3) is 1.92. The molecule has 2 nitrogen and oxygen atoms in total. The van der Waals surface area contributed by atoms with Gasteiger partial charge in [-0.05, 0) is 37.5 Å². The van der Waals surface area contributed by atoms with E-state index in [0.29, 0.717) is 0 Å². The number of halogens is 1. The van der Waals surface area contributed by atoms with Crippen LogP contribution in [-0.4, -0.2) is 23.6 Å². The fraction of sp³-hybridized carbons (Fsp3) is 0.600. The number of rotatable bonds is 2. The number of fused-ring (bicyclic) bond motifs is 2. The minimum Gasteiger partial charge on any atom is -0.398 e. The lowest BCUT2D eigenvalue weighted by Crippen LogP contribution is -2.55. The summed E-state index contributed by atoms with van der Waals surface area (Å²) in [6.07, 6.45) is 6.99. The Morgan fingerprint density at radius 1 is 1.22 bits per heavy atom. The molecule has 2 saturated heterocycles. The predicted molar refractivity (Wildman–Crippen MR) is 76.4 cm³/mol. The Kier molecular flexibility index (Phi) is 3.03. The number of quaternary nitrogens is 1. The van der Waals surface area contributed by atoms with Crippen LogP contribution in [0.25, 0.3) is 0 Å². The quantitative estimate of drug-likeness (QED) is 0.642. The number of piperidine rings is 1. The molecule has 98 valence electrons. The summed E-state index contributed by atoms with van der Waals surface area (Å²) in [6.45, 7) is 1.07. The van der Waals surface area contributed by atoms with Crippen molar-refractivity contribution in [2.75, 3.05) is 12.8 Å². The van der Waals surface area contributed by atoms with Crippen molar-refractivity contribution in [3.8, 4) is 0 Å². The second-order valence-corrected chi connectivity index (χ2v) is 6.60. The van der Waals surface area contributed by atoms with E-state index in [-0.39, 0.29) is 0 Å². The van der Waals surface area contributed by atoms with E-state index in [1.165, 1.54) is 42.2 Å². The van der Waals surface area contributed by atoms with E-state index >= 15 is 0 Å². The highest BCUT2D eigenvalue weighted by atomic mass is 35.5. The lowest BCUT2D eigenvalue weighted by atomic mass is 9.98. The zero-order chi connectivity index (χ0) is 12.8. The zero-order valence-electron chi connectivity index (χ0n) is 11.0. The topological polar surface area (TPSA) is 26.0 Å². The number of anilines is 1. The Hall–Kier alpha value is -0.730. The molecular weight excluding hydrogens is 244 g/mol. The molecule has 0 spiro atoms. The first kappa shape index (κ1) is 12.3. The van der Waals surface area contributed by atoms with E-state index in [4.69, 9.17) is 17.3 Å². The number of benzene rings is 1. The van der Waals surface area contributed by atoms with Crippen LogP contribution in [0.1, 0.15) is 37.7 Å². The van der Waals surface area contributed by atoms with E-state index < -0.39 is 0 Å². The molecule has 0 aromatic heterocycles. The Morgan fingerprint density at radius 3 is 2.50 bits per heavy atom. The third-order valence-corrected chi connectivity index (χ3v) is 5.43. The van der Waals surface area contributed by atoms with Gasteiger partial charge in [0.05, 0.1) is 19.1 Å². The van der Waals surface area contributed by atoms with Crippen LogP contribution in [0.2, 0.25) is 5.02 Å². The summed E-state index contributed by atoms with van der Waals surface area (Å²) in [5.74, 6) is 0. The Bertz CT molecular complexity index is 442. The van der Waals surface area contributed by atoms with E-state index in [9.17, 15) is 0 Å². The SMILES string of the molecule is C[N+]1(Cc2ccc(Cl)cc2N)C2CCCC1CC2. The Labute approximate surface area is 114 Å². The largest absolute Gasteiger partial charge is 0.398 e. The molecule has 2 heterocycles. The molecule has 0 aliphatic carbocycles. The predicted octanol–water partition coefficient (Wildman–Crippen LogP) is 3.58. The summed E-state index contributed by atoms with van der Waals surface area (Å²) in [6, 6.07) is 7.65. The molecule has 0 radical (unpaired) electrons. The number of nitrogens with two attached hydrogens (primary N) is 1. The Balaban J connectivity index is 1.87. The molecule has 2 N–H and O–H groups in total. The first-order chi connectivity index (χ1) is 8.59. The second-order valence-electron chi connectivity index (χ2n) is 6.16. The zero-order valence-corrected chi connectivity index (χ0v) is 11.8. The maximum atomic E-state index is 6.11. The van der Waals surface area contributed by atoms with Gasteiger partial charge in [-0.15, -0.1) is 0 Å². The second kappa shape index (κ2) is 4.43. The lowest BCUT2D eigenvalue weighted by molar-refractivity contribution is -0.960. The van der Waals surface area contributed by atoms with Crippen LogP contribution in [0.4, 0.5) is 5.69 Å². The van der Waals surface area contributed by atoms with E-state index in [1.54, 1.807) is 0 Å². The first-order valence-corrected chi connectivity index (χ1v) is 7.36. The van der Waals surface area contributed by atoms with Crippen molar-refractivity contribution >= 4 is 17.3 Å². The fourth-order valence-electron chi connectivity index (χ4n) is 4.08. The number of hydrogen-bond acceptors (Lipinski definition) is 1. The average molecular weight is 266 g/mol. The standard InChI is InChI=1S/C15H22ClN2/c1-18(13-3-2-4-14(18)8-7-13)10-11-5-6-12(16)9-15(11)17/h5-6,9,13-14H,2-4,7-8,10,17H2,1H3/q+1. The molecule has 2 aliphatic heterocycles. The van der Waals surface area contributed by atoms with Crippen molar-refractivity contribution in [2.24, 2.45) is 0 Å². The van der Waals surface area contributed by atoms with Crippen LogP contribution in [0.15, 0.2) is 18.2 Å². The molecule has 2 unspecified atom stereocenters. The van der Waals surface area contributed by atoms with Gasteiger partial charge < -0.3 is 10.2 Å². The van der Waals surface area contributed by atoms with E-state index in [0.717, 1.165) is 29.3 Å². The van der Waals surface area contributed by atoms with Gasteiger partial charge in [0.15, 0.2) is 0 Å². The van der Waals surface area contributed by atoms with Crippen LogP contribution in [0.5, 0.6) is 0 Å². The molecule has 2 atom stereocenters. The van der Waals surface area contributed by atoms with Crippen molar-refractivity contribution in [3.63, 3.8) is 0 Å². The maximum absolute atomic E-state index is 6.11. The van der Waals surface area contributed by atoms with Crippen LogP contribution in [0, 0.1) is 0 Å². The summed E-state index contributed by atoms with van der Waals surface area (Å²) in [4.78, 5) is 0. The molecule has 1 aromatic carbocycles. The van der Waals surface area contributed by atoms with Gasteiger partial charge in [-0.1, -0.05) is 11.6 Å². The van der Waals surface area contributed by atoms with Crippen molar-refractivity contribution in [1.82, 2.24) is 0 Å². The monoisotopic (exact) mass is 265 g/mol. The average Bonchev–Trinajstić information content (AvgIpc) is 2.55. The van der Waals surface area contributed by atoms with E-state index in [2.05, 4.69) is 13.1 Å². The number of nitrogen functional groups attached to an aromatic ring is 1. The smallest absolute Gasteiger partial charge is 0.107 e. The highest BCUT2D eigenvalue weighted by Gasteiger charge is 2.48. The molecule has 2 fully saturated rings. The highest BCUT2D eigenvalue weighted by molar-refractivity contribution is 6.30. The van der Waals surface area contributed by atoms with Gasteiger partial charge in [-0.25, -0.2) is 0 Å². The molecule has 3 rings (SSSR count). The summed E-state index contributed by atoms with van der Waals surface area (Å²) in [5, 5.41) is 0.737. The van der Waals surface area contributed by atoms with Gasteiger partial charge in [0.1, 0.15) is 6.54 Å².